The van der Waals surface area contributed by atoms with E-state index in [4.69, 9.17) is 10.5 Å². The standard InChI is InChI=1S/C14H20N6O4/c15-11-8-12(17-6-16-11)20(14(18-8)19-3-1-2-4-19)13-10(23)9(22)7(5-21)24-13/h6-7,9-10,13,21-23H,1-5H2,(H2,15,16,17)/t7-,9+,10-,13-/m0/s1. The molecule has 0 radical (unpaired) electrons. The minimum Gasteiger partial charge on any atom is -0.394 e. The molecule has 0 bridgehead atoms. The molecule has 2 fully saturated rings. The molecule has 4 atom stereocenters. The number of hydrogen-bond donors (Lipinski definition) is 4. The summed E-state index contributed by atoms with van der Waals surface area (Å²) in [6, 6.07) is 0. The molecule has 2 aliphatic rings. The predicted molar refractivity (Wildman–Crippen MR) is 84.2 cm³/mol. The molecule has 2 saturated heterocycles. The van der Waals surface area contributed by atoms with Crippen LogP contribution < -0.4 is 10.6 Å². The summed E-state index contributed by atoms with van der Waals surface area (Å²) in [5, 5.41) is 29.8. The van der Waals surface area contributed by atoms with Crippen LogP contribution in [0.3, 0.4) is 0 Å². The Balaban J connectivity index is 1.86. The number of fused-ring (bicyclic) bond motifs is 1. The van der Waals surface area contributed by atoms with Crippen LogP contribution in [-0.2, 0) is 4.74 Å². The quantitative estimate of drug-likeness (QED) is 0.533. The van der Waals surface area contributed by atoms with E-state index in [1.807, 2.05) is 0 Å². The molecule has 2 aromatic rings. The molecule has 4 rings (SSSR count). The number of anilines is 2. The average Bonchev–Trinajstić information content (AvgIpc) is 3.27. The van der Waals surface area contributed by atoms with Gasteiger partial charge in [-0.3, -0.25) is 4.57 Å². The molecule has 0 unspecified atom stereocenters. The average molecular weight is 336 g/mol. The summed E-state index contributed by atoms with van der Waals surface area (Å²) in [5.74, 6) is 0.815. The van der Waals surface area contributed by atoms with Crippen molar-refractivity contribution in [3.63, 3.8) is 0 Å². The monoisotopic (exact) mass is 336 g/mol. The van der Waals surface area contributed by atoms with Gasteiger partial charge in [-0.15, -0.1) is 0 Å². The maximum atomic E-state index is 10.4. The highest BCUT2D eigenvalue weighted by Gasteiger charge is 2.45. The molecular formula is C14H20N6O4. The molecule has 2 aliphatic heterocycles. The van der Waals surface area contributed by atoms with E-state index in [1.165, 1.54) is 6.33 Å². The number of rotatable bonds is 3. The van der Waals surface area contributed by atoms with Crippen molar-refractivity contribution < 1.29 is 20.1 Å². The van der Waals surface area contributed by atoms with Gasteiger partial charge in [-0.1, -0.05) is 0 Å². The Morgan fingerprint density at radius 1 is 1.21 bits per heavy atom. The Labute approximate surface area is 137 Å². The van der Waals surface area contributed by atoms with Crippen LogP contribution in [0.15, 0.2) is 6.33 Å². The van der Waals surface area contributed by atoms with Crippen LogP contribution in [-0.4, -0.2) is 72.8 Å². The molecule has 24 heavy (non-hydrogen) atoms. The van der Waals surface area contributed by atoms with E-state index in [-0.39, 0.29) is 5.82 Å². The van der Waals surface area contributed by atoms with Gasteiger partial charge in [-0.25, -0.2) is 15.0 Å². The lowest BCUT2D eigenvalue weighted by Gasteiger charge is -2.23. The zero-order valence-corrected chi connectivity index (χ0v) is 13.0. The van der Waals surface area contributed by atoms with E-state index in [2.05, 4.69) is 19.9 Å². The summed E-state index contributed by atoms with van der Waals surface area (Å²) in [7, 11) is 0. The number of imidazole rings is 1. The molecule has 130 valence electrons. The summed E-state index contributed by atoms with van der Waals surface area (Å²) in [6.07, 6.45) is -0.772. The van der Waals surface area contributed by atoms with Gasteiger partial charge in [0.25, 0.3) is 0 Å². The second-order valence-corrected chi connectivity index (χ2v) is 6.14. The summed E-state index contributed by atoms with van der Waals surface area (Å²) in [4.78, 5) is 14.8. The molecule has 4 heterocycles. The predicted octanol–water partition coefficient (Wildman–Crippen LogP) is -1.38. The maximum Gasteiger partial charge on any atom is 0.210 e. The molecule has 0 spiro atoms. The number of nitrogens with zero attached hydrogens (tertiary/aromatic N) is 5. The fraction of sp³-hybridized carbons (Fsp3) is 0.643. The smallest absolute Gasteiger partial charge is 0.210 e. The first-order valence-corrected chi connectivity index (χ1v) is 7.97. The van der Waals surface area contributed by atoms with Gasteiger partial charge in [0.1, 0.15) is 24.6 Å². The van der Waals surface area contributed by atoms with Crippen LogP contribution in [0.25, 0.3) is 11.2 Å². The van der Waals surface area contributed by atoms with E-state index in [0.717, 1.165) is 25.9 Å². The van der Waals surface area contributed by atoms with Crippen LogP contribution in [0.1, 0.15) is 19.1 Å². The summed E-state index contributed by atoms with van der Waals surface area (Å²) >= 11 is 0. The lowest BCUT2D eigenvalue weighted by atomic mass is 10.1. The van der Waals surface area contributed by atoms with Gasteiger partial charge in [0.2, 0.25) is 5.95 Å². The van der Waals surface area contributed by atoms with Gasteiger partial charge in [0.15, 0.2) is 23.2 Å². The first-order chi connectivity index (χ1) is 11.6. The fourth-order valence-electron chi connectivity index (χ4n) is 3.38. The third-order valence-corrected chi connectivity index (χ3v) is 4.65. The van der Waals surface area contributed by atoms with Gasteiger partial charge in [-0.2, -0.15) is 0 Å². The normalized spacial score (nSPS) is 30.5. The van der Waals surface area contributed by atoms with Gasteiger partial charge in [0, 0.05) is 13.1 Å². The van der Waals surface area contributed by atoms with Crippen LogP contribution in [0, 0.1) is 0 Å². The Morgan fingerprint density at radius 3 is 2.62 bits per heavy atom. The molecular weight excluding hydrogens is 316 g/mol. The topological polar surface area (TPSA) is 143 Å². The van der Waals surface area contributed by atoms with Gasteiger partial charge in [-0.05, 0) is 12.8 Å². The van der Waals surface area contributed by atoms with E-state index >= 15 is 0 Å². The van der Waals surface area contributed by atoms with E-state index in [0.29, 0.717) is 17.1 Å². The maximum absolute atomic E-state index is 10.4. The van der Waals surface area contributed by atoms with Crippen molar-refractivity contribution in [1.29, 1.82) is 0 Å². The zero-order valence-electron chi connectivity index (χ0n) is 13.0. The number of nitrogen functional groups attached to an aromatic ring is 1. The highest BCUT2D eigenvalue weighted by molar-refractivity contribution is 5.84. The molecule has 10 heteroatoms. The highest BCUT2D eigenvalue weighted by atomic mass is 16.6. The molecule has 0 amide bonds. The third kappa shape index (κ3) is 2.22. The van der Waals surface area contributed by atoms with E-state index in [9.17, 15) is 15.3 Å². The lowest BCUT2D eigenvalue weighted by Crippen LogP contribution is -2.34. The summed E-state index contributed by atoms with van der Waals surface area (Å²) in [5.41, 5.74) is 6.77. The molecule has 0 saturated carbocycles. The van der Waals surface area contributed by atoms with Crippen molar-refractivity contribution >= 4 is 22.9 Å². The zero-order chi connectivity index (χ0) is 16.8. The van der Waals surface area contributed by atoms with Crippen molar-refractivity contribution in [2.75, 3.05) is 30.3 Å². The van der Waals surface area contributed by atoms with Gasteiger partial charge >= 0.3 is 0 Å². The van der Waals surface area contributed by atoms with Crippen LogP contribution >= 0.6 is 0 Å². The summed E-state index contributed by atoms with van der Waals surface area (Å²) < 4.78 is 7.31. The Morgan fingerprint density at radius 2 is 1.96 bits per heavy atom. The highest BCUT2D eigenvalue weighted by Crippen LogP contribution is 2.36. The van der Waals surface area contributed by atoms with Crippen molar-refractivity contribution in [3.05, 3.63) is 6.33 Å². The van der Waals surface area contributed by atoms with Crippen LogP contribution in [0.2, 0.25) is 0 Å². The molecule has 0 aliphatic carbocycles. The largest absolute Gasteiger partial charge is 0.394 e. The van der Waals surface area contributed by atoms with E-state index < -0.39 is 31.1 Å². The third-order valence-electron chi connectivity index (χ3n) is 4.65. The molecule has 2 aromatic heterocycles. The SMILES string of the molecule is Nc1ncnc2c1nc(N1CCCC1)n2[C@H]1O[C@@H](CO)[C@@H](O)[C@@H]1O. The Bertz CT molecular complexity index is 746. The van der Waals surface area contributed by atoms with Crippen molar-refractivity contribution in [1.82, 2.24) is 19.5 Å². The first-order valence-electron chi connectivity index (χ1n) is 7.97. The van der Waals surface area contributed by atoms with Crippen molar-refractivity contribution in [2.24, 2.45) is 0 Å². The Kier molecular flexibility index (Phi) is 3.76. The minimum atomic E-state index is -1.21. The van der Waals surface area contributed by atoms with Gasteiger partial charge in [0.05, 0.1) is 6.61 Å². The van der Waals surface area contributed by atoms with Crippen LogP contribution in [0.4, 0.5) is 11.8 Å². The molecule has 10 nitrogen and oxygen atoms in total. The van der Waals surface area contributed by atoms with Crippen LogP contribution in [0.5, 0.6) is 0 Å². The number of aliphatic hydroxyl groups is 3. The van der Waals surface area contributed by atoms with Gasteiger partial charge < -0.3 is 30.7 Å². The number of aliphatic hydroxyl groups excluding tert-OH is 3. The number of nitrogens with two attached hydrogens (primary N) is 1. The second kappa shape index (κ2) is 5.81. The van der Waals surface area contributed by atoms with Crippen molar-refractivity contribution in [2.45, 2.75) is 37.4 Å². The number of aromatic nitrogens is 4. The second-order valence-electron chi connectivity index (χ2n) is 6.14. The summed E-state index contributed by atoms with van der Waals surface area (Å²) in [6.45, 7) is 1.26. The molecule has 0 aromatic carbocycles. The van der Waals surface area contributed by atoms with Crippen molar-refractivity contribution in [3.8, 4) is 0 Å². The van der Waals surface area contributed by atoms with E-state index in [1.54, 1.807) is 4.57 Å². The fourth-order valence-corrected chi connectivity index (χ4v) is 3.38. The number of hydrogen-bond acceptors (Lipinski definition) is 9. The first kappa shape index (κ1) is 15.5. The Hall–Kier alpha value is -2.01. The molecule has 5 N–H and O–H groups in total. The minimum absolute atomic E-state index is 0.242. The lowest BCUT2D eigenvalue weighted by molar-refractivity contribution is -0.0504. The number of ether oxygens (including phenoxy) is 1.